The Bertz CT molecular complexity index is 359. The quantitative estimate of drug-likeness (QED) is 0.482. The van der Waals surface area contributed by atoms with Crippen LogP contribution < -0.4 is 5.73 Å². The largest absolute Gasteiger partial charge is 0.503 e. The van der Waals surface area contributed by atoms with Gasteiger partial charge in [-0.2, -0.15) is 0 Å². The van der Waals surface area contributed by atoms with Crippen LogP contribution in [0.25, 0.3) is 0 Å². The Hall–Kier alpha value is -3.10. The second kappa shape index (κ2) is 16.9. The molecule has 0 aliphatic rings. The number of carboxylic acids is 2. The van der Waals surface area contributed by atoms with E-state index in [2.05, 4.69) is 25.5 Å². The number of carboxylic acid groups (broad SMARTS) is 4. The highest BCUT2D eigenvalue weighted by atomic mass is 16.6. The summed E-state index contributed by atoms with van der Waals surface area (Å²) in [5.74, 6) is -2.35. The van der Waals surface area contributed by atoms with Gasteiger partial charge in [-0.15, -0.1) is 0 Å². The molecule has 9 heteroatoms. The van der Waals surface area contributed by atoms with Gasteiger partial charge in [-0.1, -0.05) is 19.7 Å². The summed E-state index contributed by atoms with van der Waals surface area (Å²) in [6.07, 6.45) is -0.778. The molecule has 0 aliphatic carbocycles. The van der Waals surface area contributed by atoms with Crippen molar-refractivity contribution in [3.8, 4) is 0 Å². The summed E-state index contributed by atoms with van der Waals surface area (Å²) >= 11 is 0. The average molecular weight is 305 g/mol. The monoisotopic (exact) mass is 305 g/mol. The van der Waals surface area contributed by atoms with Gasteiger partial charge in [-0.25, -0.2) is 14.4 Å². The molecule has 1 amide bonds. The topological polar surface area (TPSA) is 175 Å². The first-order valence-corrected chi connectivity index (χ1v) is 4.90. The van der Waals surface area contributed by atoms with Crippen LogP contribution in [0.1, 0.15) is 13.8 Å². The number of rotatable bonds is 3. The number of hydrogen-bond acceptors (Lipinski definition) is 4. The first-order chi connectivity index (χ1) is 9.29. The van der Waals surface area contributed by atoms with E-state index in [0.29, 0.717) is 0 Å². The van der Waals surface area contributed by atoms with Gasteiger partial charge in [0.15, 0.2) is 0 Å². The van der Waals surface area contributed by atoms with Crippen molar-refractivity contribution >= 4 is 24.0 Å². The van der Waals surface area contributed by atoms with E-state index in [0.717, 1.165) is 6.08 Å². The molecule has 0 saturated carbocycles. The summed E-state index contributed by atoms with van der Waals surface area (Å²) in [7, 11) is 0. The lowest BCUT2D eigenvalue weighted by molar-refractivity contribution is -0.133. The van der Waals surface area contributed by atoms with Crippen LogP contribution in [0.3, 0.4) is 0 Å². The summed E-state index contributed by atoms with van der Waals surface area (Å²) in [4.78, 5) is 37.2. The van der Waals surface area contributed by atoms with Gasteiger partial charge in [0.2, 0.25) is 5.91 Å². The third kappa shape index (κ3) is 78.8. The fraction of sp³-hybridized carbons (Fsp3) is 0.167. The van der Waals surface area contributed by atoms with Gasteiger partial charge in [-0.05, 0) is 19.9 Å². The van der Waals surface area contributed by atoms with E-state index in [9.17, 15) is 14.4 Å². The van der Waals surface area contributed by atoms with E-state index >= 15 is 0 Å². The molecule has 6 N–H and O–H groups in total. The summed E-state index contributed by atoms with van der Waals surface area (Å²) in [5.41, 5.74) is 4.89. The molecule has 0 saturated heterocycles. The maximum Gasteiger partial charge on any atom is 0.503 e. The Morgan fingerprint density at radius 2 is 0.952 bits per heavy atom. The van der Waals surface area contributed by atoms with Crippen molar-refractivity contribution in [1.82, 2.24) is 0 Å². The second-order valence-corrected chi connectivity index (χ2v) is 3.06. The van der Waals surface area contributed by atoms with Gasteiger partial charge in [0.25, 0.3) is 0 Å². The van der Waals surface area contributed by atoms with E-state index < -0.39 is 24.0 Å². The molecule has 0 aromatic heterocycles. The van der Waals surface area contributed by atoms with Crippen molar-refractivity contribution in [2.45, 2.75) is 13.8 Å². The van der Waals surface area contributed by atoms with E-state index in [4.69, 9.17) is 25.2 Å². The van der Waals surface area contributed by atoms with Crippen LogP contribution in [0.2, 0.25) is 0 Å². The molecular formula is C12H19NO8. The van der Waals surface area contributed by atoms with Gasteiger partial charge in [0.1, 0.15) is 0 Å². The van der Waals surface area contributed by atoms with Crippen molar-refractivity contribution < 1.29 is 39.6 Å². The maximum atomic E-state index is 9.60. The number of carbonyl (C=O) groups is 4. The minimum Gasteiger partial charge on any atom is -0.478 e. The molecule has 9 nitrogen and oxygen atoms in total. The fourth-order valence-electron chi connectivity index (χ4n) is 0. The first-order valence-electron chi connectivity index (χ1n) is 4.90. The highest BCUT2D eigenvalue weighted by molar-refractivity contribution is 5.85. The van der Waals surface area contributed by atoms with Crippen LogP contribution in [0, 0.1) is 0 Å². The van der Waals surface area contributed by atoms with Crippen molar-refractivity contribution in [3.05, 3.63) is 37.0 Å². The third-order valence-corrected chi connectivity index (χ3v) is 0.931. The lowest BCUT2D eigenvalue weighted by Gasteiger charge is -1.79. The highest BCUT2D eigenvalue weighted by Gasteiger charge is 1.90. The van der Waals surface area contributed by atoms with Crippen molar-refractivity contribution in [1.29, 1.82) is 0 Å². The molecule has 0 aromatic carbocycles. The van der Waals surface area contributed by atoms with Crippen LogP contribution in [0.4, 0.5) is 4.79 Å². The molecule has 0 bridgehead atoms. The number of hydrogen-bond donors (Lipinski definition) is 5. The molecule has 0 radical (unpaired) electrons. The predicted octanol–water partition coefficient (Wildman–Crippen LogP) is 1.17. The van der Waals surface area contributed by atoms with Crippen LogP contribution >= 0.6 is 0 Å². The van der Waals surface area contributed by atoms with Crippen LogP contribution in [0.5, 0.6) is 0 Å². The van der Waals surface area contributed by atoms with Gasteiger partial charge in [0.05, 0.1) is 0 Å². The minimum absolute atomic E-state index is 0.176. The molecule has 0 rings (SSSR count). The Labute approximate surface area is 121 Å². The molecule has 120 valence electrons. The number of amides is 1. The number of aliphatic carboxylic acids is 2. The standard InChI is InChI=1S/2C4H6O2.C3H5NO.CH2O3/c2*1-3(2)4(5)6;1-2-3(4)5;2-1(3)4/h2*1H2,2H3,(H,5,6);2H,1H2,(H2,4,5);(H2,2,3,4). The van der Waals surface area contributed by atoms with E-state index in [1.807, 2.05) is 0 Å². The SMILES string of the molecule is C=C(C)C(=O)O.C=C(C)C(=O)O.C=CC(N)=O.O=C(O)O. The fourth-order valence-corrected chi connectivity index (χ4v) is 0. The van der Waals surface area contributed by atoms with E-state index in [1.54, 1.807) is 0 Å². The number of carbonyl (C=O) groups excluding carboxylic acids is 1. The van der Waals surface area contributed by atoms with Crippen LogP contribution in [-0.2, 0) is 14.4 Å². The second-order valence-electron chi connectivity index (χ2n) is 3.06. The van der Waals surface area contributed by atoms with Gasteiger partial charge < -0.3 is 26.2 Å². The Morgan fingerprint density at radius 3 is 0.952 bits per heavy atom. The van der Waals surface area contributed by atoms with Gasteiger partial charge in [-0.3, -0.25) is 4.79 Å². The number of primary amides is 1. The first kappa shape index (κ1) is 26.5. The van der Waals surface area contributed by atoms with Gasteiger partial charge >= 0.3 is 18.1 Å². The summed E-state index contributed by atoms with van der Waals surface area (Å²) in [5, 5.41) is 29.7. The Kier molecular flexibility index (Phi) is 21.3. The molecule has 0 unspecified atom stereocenters. The molecule has 21 heavy (non-hydrogen) atoms. The smallest absolute Gasteiger partial charge is 0.478 e. The van der Waals surface area contributed by atoms with Crippen molar-refractivity contribution in [3.63, 3.8) is 0 Å². The molecular weight excluding hydrogens is 286 g/mol. The lowest BCUT2D eigenvalue weighted by Crippen LogP contribution is -2.04. The Morgan fingerprint density at radius 1 is 0.857 bits per heavy atom. The third-order valence-electron chi connectivity index (χ3n) is 0.931. The minimum atomic E-state index is -1.83. The van der Waals surface area contributed by atoms with Crippen molar-refractivity contribution in [2.75, 3.05) is 0 Å². The molecule has 0 aliphatic heterocycles. The summed E-state index contributed by atoms with van der Waals surface area (Å²) in [6, 6.07) is 0. The number of nitrogens with two attached hydrogens (primary N) is 1. The van der Waals surface area contributed by atoms with Crippen LogP contribution in [-0.4, -0.2) is 44.4 Å². The zero-order valence-electron chi connectivity index (χ0n) is 11.7. The highest BCUT2D eigenvalue weighted by Crippen LogP contribution is 1.81. The van der Waals surface area contributed by atoms with Gasteiger partial charge in [0, 0.05) is 11.1 Å². The van der Waals surface area contributed by atoms with E-state index in [1.165, 1.54) is 13.8 Å². The maximum absolute atomic E-state index is 9.60. The average Bonchev–Trinajstić information content (AvgIpc) is 2.29. The Balaban J connectivity index is -0.0000000929. The van der Waals surface area contributed by atoms with Crippen molar-refractivity contribution in [2.24, 2.45) is 5.73 Å². The summed E-state index contributed by atoms with van der Waals surface area (Å²) < 4.78 is 0. The molecule has 0 spiro atoms. The normalized spacial score (nSPS) is 6.95. The zero-order valence-corrected chi connectivity index (χ0v) is 11.7. The van der Waals surface area contributed by atoms with Crippen LogP contribution in [0.15, 0.2) is 37.0 Å². The van der Waals surface area contributed by atoms with E-state index in [-0.39, 0.29) is 11.1 Å². The molecule has 0 fully saturated rings. The molecule has 0 heterocycles. The molecule has 0 atom stereocenters. The lowest BCUT2D eigenvalue weighted by atomic mass is 10.4. The summed E-state index contributed by atoms with van der Waals surface area (Å²) in [6.45, 7) is 12.3. The molecule has 0 aromatic rings. The zero-order chi connectivity index (χ0) is 18.2. The predicted molar refractivity (Wildman–Crippen MR) is 74.9 cm³/mol.